The van der Waals surface area contributed by atoms with Crippen LogP contribution in [0.3, 0.4) is 0 Å². The molecule has 0 spiro atoms. The smallest absolute Gasteiger partial charge is 0.326 e. The molecule has 0 aliphatic carbocycles. The normalized spacial score (nSPS) is 28.2. The summed E-state index contributed by atoms with van der Waals surface area (Å²) in [5.74, 6) is -3.77. The zero-order valence-electron chi connectivity index (χ0n) is 23.3. The number of nitrogens with one attached hydrogen (secondary N) is 1. The number of nitrogens with two attached hydrogens (primary N) is 2. The van der Waals surface area contributed by atoms with Gasteiger partial charge >= 0.3 is 5.97 Å². The minimum absolute atomic E-state index is 0.0610. The Kier molecular flexibility index (Phi) is 10.9. The summed E-state index contributed by atoms with van der Waals surface area (Å²) in [6, 6.07) is -5.00. The number of hydrogen-bond acceptors (Lipinski definition) is 9. The minimum atomic E-state index is -1.22. The van der Waals surface area contributed by atoms with Gasteiger partial charge < -0.3 is 46.8 Å². The van der Waals surface area contributed by atoms with E-state index in [1.165, 1.54) is 9.80 Å². The fraction of sp³-hybridized carbons (Fsp3) is 0.808. The van der Waals surface area contributed by atoms with E-state index in [1.54, 1.807) is 13.8 Å². The van der Waals surface area contributed by atoms with Gasteiger partial charge in [0, 0.05) is 32.5 Å². The third-order valence-electron chi connectivity index (χ3n) is 8.05. The number of β-amino-alcohol motifs (C(OH)–C–C–N with tert-alkyl or cyclic N) is 2. The van der Waals surface area contributed by atoms with Crippen LogP contribution in [0, 0.1) is 5.92 Å². The number of carboxylic acid groups (broad SMARTS) is 1. The highest BCUT2D eigenvalue weighted by Gasteiger charge is 2.49. The second kappa shape index (κ2) is 13.7. The largest absolute Gasteiger partial charge is 0.480 e. The molecule has 0 radical (unpaired) electrons. The van der Waals surface area contributed by atoms with E-state index in [0.717, 1.165) is 11.3 Å². The summed E-state index contributed by atoms with van der Waals surface area (Å²) in [6.07, 6.45) is 0.702. The van der Waals surface area contributed by atoms with E-state index in [0.29, 0.717) is 38.8 Å². The summed E-state index contributed by atoms with van der Waals surface area (Å²) in [7, 11) is 0. The SMILES string of the molecule is CC(C)[C@H](NC(=O)[C@@H]1C[C@@H](O)CN1C(=O)[C@@H]1C[C@@H](O)CN1C(=O)[C@@H]1CCCN1C(=O)[C@@H](N)CCCCN)C(=O)O. The first-order chi connectivity index (χ1) is 18.9. The molecule has 3 aliphatic rings. The van der Waals surface area contributed by atoms with Crippen molar-refractivity contribution in [3.63, 3.8) is 0 Å². The van der Waals surface area contributed by atoms with Crippen molar-refractivity contribution >= 4 is 29.6 Å². The lowest BCUT2D eigenvalue weighted by Crippen LogP contribution is -2.58. The Balaban J connectivity index is 1.75. The summed E-state index contributed by atoms with van der Waals surface area (Å²) < 4.78 is 0. The zero-order chi connectivity index (χ0) is 29.7. The maximum absolute atomic E-state index is 13.7. The van der Waals surface area contributed by atoms with E-state index in [4.69, 9.17) is 11.5 Å². The van der Waals surface area contributed by atoms with Gasteiger partial charge in [0.15, 0.2) is 0 Å². The Labute approximate surface area is 234 Å². The number of likely N-dealkylation sites (tertiary alicyclic amines) is 3. The van der Waals surface area contributed by atoms with E-state index in [-0.39, 0.29) is 31.8 Å². The number of carbonyl (C=O) groups is 5. The van der Waals surface area contributed by atoms with E-state index in [1.807, 2.05) is 0 Å². The van der Waals surface area contributed by atoms with Crippen LogP contribution in [0.5, 0.6) is 0 Å². The predicted molar refractivity (Wildman–Crippen MR) is 142 cm³/mol. The van der Waals surface area contributed by atoms with Crippen molar-refractivity contribution in [1.82, 2.24) is 20.0 Å². The quantitative estimate of drug-likeness (QED) is 0.145. The van der Waals surface area contributed by atoms with Crippen molar-refractivity contribution in [3.05, 3.63) is 0 Å². The Hall–Kier alpha value is -2.81. The Bertz CT molecular complexity index is 963. The average molecular weight is 569 g/mol. The lowest BCUT2D eigenvalue weighted by atomic mass is 10.0. The van der Waals surface area contributed by atoms with Crippen LogP contribution >= 0.6 is 0 Å². The number of aliphatic hydroxyl groups excluding tert-OH is 2. The predicted octanol–water partition coefficient (Wildman–Crippen LogP) is -2.42. The van der Waals surface area contributed by atoms with Gasteiger partial charge in [-0.1, -0.05) is 20.3 Å². The number of rotatable bonds is 11. The van der Waals surface area contributed by atoms with Crippen LogP contribution in [0.2, 0.25) is 0 Å². The number of aliphatic hydroxyl groups is 2. The highest BCUT2D eigenvalue weighted by Crippen LogP contribution is 2.29. The number of hydrogen-bond donors (Lipinski definition) is 6. The minimum Gasteiger partial charge on any atom is -0.480 e. The van der Waals surface area contributed by atoms with Crippen LogP contribution in [0.4, 0.5) is 0 Å². The molecule has 8 N–H and O–H groups in total. The molecule has 226 valence electrons. The van der Waals surface area contributed by atoms with E-state index >= 15 is 0 Å². The van der Waals surface area contributed by atoms with Gasteiger partial charge in [0.25, 0.3) is 0 Å². The van der Waals surface area contributed by atoms with Gasteiger partial charge in [-0.15, -0.1) is 0 Å². The third-order valence-corrected chi connectivity index (χ3v) is 8.05. The third kappa shape index (κ3) is 7.09. The van der Waals surface area contributed by atoms with Crippen molar-refractivity contribution in [2.45, 2.75) is 101 Å². The molecule has 14 heteroatoms. The summed E-state index contributed by atoms with van der Waals surface area (Å²) in [5, 5.41) is 32.6. The van der Waals surface area contributed by atoms with Crippen molar-refractivity contribution in [2.75, 3.05) is 26.2 Å². The highest BCUT2D eigenvalue weighted by atomic mass is 16.4. The van der Waals surface area contributed by atoms with E-state index in [2.05, 4.69) is 5.32 Å². The molecular formula is C26H44N6O8. The van der Waals surface area contributed by atoms with Gasteiger partial charge in [-0.3, -0.25) is 19.2 Å². The topological polar surface area (TPSA) is 220 Å². The fourth-order valence-electron chi connectivity index (χ4n) is 5.88. The zero-order valence-corrected chi connectivity index (χ0v) is 23.3. The number of nitrogens with zero attached hydrogens (tertiary/aromatic N) is 3. The molecule has 3 saturated heterocycles. The maximum Gasteiger partial charge on any atom is 0.326 e. The molecule has 3 fully saturated rings. The van der Waals surface area contributed by atoms with Crippen LogP contribution in [-0.4, -0.2) is 128 Å². The van der Waals surface area contributed by atoms with Gasteiger partial charge in [0.1, 0.15) is 24.2 Å². The first-order valence-electron chi connectivity index (χ1n) is 14.1. The molecule has 3 rings (SSSR count). The van der Waals surface area contributed by atoms with Crippen molar-refractivity contribution < 1.29 is 39.3 Å². The Morgan fingerprint density at radius 1 is 0.900 bits per heavy atom. The molecule has 0 aromatic heterocycles. The second-order valence-electron chi connectivity index (χ2n) is 11.4. The van der Waals surface area contributed by atoms with Gasteiger partial charge in [-0.25, -0.2) is 4.79 Å². The first-order valence-corrected chi connectivity index (χ1v) is 14.1. The van der Waals surface area contributed by atoms with Gasteiger partial charge in [0.2, 0.25) is 23.6 Å². The molecule has 4 amide bonds. The van der Waals surface area contributed by atoms with Crippen LogP contribution in [-0.2, 0) is 24.0 Å². The van der Waals surface area contributed by atoms with Crippen LogP contribution in [0.15, 0.2) is 0 Å². The summed E-state index contributed by atoms with van der Waals surface area (Å²) in [4.78, 5) is 69.0. The maximum atomic E-state index is 13.7. The number of amides is 4. The Morgan fingerprint density at radius 3 is 2.05 bits per heavy atom. The van der Waals surface area contributed by atoms with Crippen LogP contribution in [0.1, 0.15) is 58.8 Å². The van der Waals surface area contributed by atoms with Crippen molar-refractivity contribution in [1.29, 1.82) is 0 Å². The molecule has 3 heterocycles. The summed E-state index contributed by atoms with van der Waals surface area (Å²) in [6.45, 7) is 3.84. The highest BCUT2D eigenvalue weighted by molar-refractivity contribution is 5.96. The van der Waals surface area contributed by atoms with Crippen molar-refractivity contribution in [3.8, 4) is 0 Å². The fourth-order valence-corrected chi connectivity index (χ4v) is 5.88. The number of unbranched alkanes of at least 4 members (excludes halogenated alkanes) is 1. The molecule has 0 saturated carbocycles. The van der Waals surface area contributed by atoms with Gasteiger partial charge in [-0.05, 0) is 38.1 Å². The molecule has 40 heavy (non-hydrogen) atoms. The monoisotopic (exact) mass is 568 g/mol. The molecule has 3 aliphatic heterocycles. The molecule has 14 nitrogen and oxygen atoms in total. The molecular weight excluding hydrogens is 524 g/mol. The van der Waals surface area contributed by atoms with Crippen molar-refractivity contribution in [2.24, 2.45) is 17.4 Å². The van der Waals surface area contributed by atoms with E-state index < -0.39 is 72.0 Å². The van der Waals surface area contributed by atoms with Gasteiger partial charge in [-0.2, -0.15) is 0 Å². The molecule has 7 atom stereocenters. The second-order valence-corrected chi connectivity index (χ2v) is 11.4. The lowest BCUT2D eigenvalue weighted by Gasteiger charge is -2.34. The van der Waals surface area contributed by atoms with Crippen LogP contribution in [0.25, 0.3) is 0 Å². The Morgan fingerprint density at radius 2 is 1.48 bits per heavy atom. The number of aliphatic carboxylic acids is 1. The van der Waals surface area contributed by atoms with Crippen LogP contribution < -0.4 is 16.8 Å². The first kappa shape index (κ1) is 31.7. The number of carboxylic acids is 1. The standard InChI is InChI=1S/C26H44N6O8/c1-14(2)21(26(39)40)29-22(35)19-10-15(33)12-31(19)25(38)20-11-16(34)13-32(20)24(37)18-7-5-9-30(18)23(36)17(28)6-3-4-8-27/h14-21,33-34H,3-13,27-28H2,1-2H3,(H,29,35)(H,39,40)/t15-,16-,17+,18+,19+,20+,21+/m1/s1. The average Bonchev–Trinajstić information content (AvgIpc) is 3.63. The lowest BCUT2D eigenvalue weighted by molar-refractivity contribution is -0.151. The number of carbonyl (C=O) groups excluding carboxylic acids is 4. The molecule has 0 bridgehead atoms. The van der Waals surface area contributed by atoms with Gasteiger partial charge in [0.05, 0.1) is 18.2 Å². The molecule has 0 unspecified atom stereocenters. The van der Waals surface area contributed by atoms with E-state index in [9.17, 15) is 39.3 Å². The summed E-state index contributed by atoms with van der Waals surface area (Å²) in [5.41, 5.74) is 11.6. The summed E-state index contributed by atoms with van der Waals surface area (Å²) >= 11 is 0. The molecule has 0 aromatic rings. The molecule has 0 aromatic carbocycles.